The molecule has 0 radical (unpaired) electrons. The van der Waals surface area contributed by atoms with Gasteiger partial charge in [-0.3, -0.25) is 0 Å². The van der Waals surface area contributed by atoms with Crippen LogP contribution in [0.2, 0.25) is 0 Å². The summed E-state index contributed by atoms with van der Waals surface area (Å²) in [5, 5.41) is 12.3. The highest BCUT2D eigenvalue weighted by Gasteiger charge is 2.21. The number of amides is 2. The van der Waals surface area contributed by atoms with Crippen molar-refractivity contribution < 1.29 is 19.4 Å². The zero-order valence-corrected chi connectivity index (χ0v) is 15.9. The Morgan fingerprint density at radius 2 is 2.07 bits per heavy atom. The van der Waals surface area contributed by atoms with Crippen LogP contribution < -0.4 is 14.8 Å². The van der Waals surface area contributed by atoms with Crippen LogP contribution in [0.5, 0.6) is 11.5 Å². The van der Waals surface area contributed by atoms with E-state index < -0.39 is 0 Å². The van der Waals surface area contributed by atoms with Gasteiger partial charge in [0, 0.05) is 17.3 Å². The summed E-state index contributed by atoms with van der Waals surface area (Å²) in [5.41, 5.74) is 2.42. The number of nitrogens with zero attached hydrogens (tertiary/aromatic N) is 1. The first-order valence-corrected chi connectivity index (χ1v) is 9.89. The fourth-order valence-electron chi connectivity index (χ4n) is 3.77. The molecule has 28 heavy (non-hydrogen) atoms. The highest BCUT2D eigenvalue weighted by molar-refractivity contribution is 5.89. The molecule has 0 spiro atoms. The second-order valence-electron chi connectivity index (χ2n) is 7.35. The molecule has 2 aliphatic rings. The molecular weight excluding hydrogens is 356 g/mol. The van der Waals surface area contributed by atoms with Gasteiger partial charge in [0.25, 0.3) is 0 Å². The number of benzene rings is 2. The summed E-state index contributed by atoms with van der Waals surface area (Å²) in [6.07, 6.45) is 4.92. The van der Waals surface area contributed by atoms with E-state index in [-0.39, 0.29) is 18.7 Å². The molecule has 2 N–H and O–H groups in total. The lowest BCUT2D eigenvalue weighted by molar-refractivity contribution is 0.200. The van der Waals surface area contributed by atoms with E-state index in [9.17, 15) is 9.90 Å². The molecule has 1 saturated carbocycles. The number of carbonyl (C=O) groups excluding carboxylic acids is 1. The Hall–Kier alpha value is -2.73. The van der Waals surface area contributed by atoms with Gasteiger partial charge in [-0.15, -0.1) is 0 Å². The van der Waals surface area contributed by atoms with E-state index >= 15 is 0 Å². The zero-order valence-electron chi connectivity index (χ0n) is 15.9. The van der Waals surface area contributed by atoms with Gasteiger partial charge in [-0.05, 0) is 55.5 Å². The van der Waals surface area contributed by atoms with E-state index in [2.05, 4.69) is 5.32 Å². The van der Waals surface area contributed by atoms with Crippen molar-refractivity contribution in [3.63, 3.8) is 0 Å². The van der Waals surface area contributed by atoms with Gasteiger partial charge in [0.2, 0.25) is 0 Å². The topological polar surface area (TPSA) is 71.0 Å². The van der Waals surface area contributed by atoms with Crippen molar-refractivity contribution in [1.82, 2.24) is 4.90 Å². The molecule has 1 heterocycles. The summed E-state index contributed by atoms with van der Waals surface area (Å²) in [6.45, 7) is 1.33. The fraction of sp³-hybridized carbons (Fsp3) is 0.409. The molecule has 0 bridgehead atoms. The van der Waals surface area contributed by atoms with Gasteiger partial charge in [0.05, 0.1) is 25.8 Å². The molecule has 0 unspecified atom stereocenters. The molecule has 6 nitrogen and oxygen atoms in total. The average Bonchev–Trinajstić information content (AvgIpc) is 3.11. The van der Waals surface area contributed by atoms with E-state index in [0.29, 0.717) is 19.7 Å². The van der Waals surface area contributed by atoms with Gasteiger partial charge in [-0.1, -0.05) is 12.1 Å². The van der Waals surface area contributed by atoms with Crippen molar-refractivity contribution in [1.29, 1.82) is 0 Å². The van der Waals surface area contributed by atoms with Crippen LogP contribution in [0.1, 0.15) is 36.8 Å². The molecule has 0 saturated heterocycles. The van der Waals surface area contributed by atoms with Crippen molar-refractivity contribution in [3.05, 3.63) is 53.6 Å². The number of ether oxygens (including phenoxy) is 2. The van der Waals surface area contributed by atoms with E-state index in [1.807, 2.05) is 42.5 Å². The highest BCUT2D eigenvalue weighted by Crippen LogP contribution is 2.27. The number of nitrogens with one attached hydrogen (secondary N) is 1. The van der Waals surface area contributed by atoms with Gasteiger partial charge in [-0.25, -0.2) is 4.79 Å². The van der Waals surface area contributed by atoms with Crippen LogP contribution in [0.4, 0.5) is 10.5 Å². The van der Waals surface area contributed by atoms with Gasteiger partial charge in [-0.2, -0.15) is 0 Å². The number of fused-ring (bicyclic) bond motifs is 1. The lowest BCUT2D eigenvalue weighted by Gasteiger charge is -2.21. The third-order valence-electron chi connectivity index (χ3n) is 5.26. The normalized spacial score (nSPS) is 16.8. The fourth-order valence-corrected chi connectivity index (χ4v) is 3.77. The number of rotatable bonds is 4. The summed E-state index contributed by atoms with van der Waals surface area (Å²) in [7, 11) is 0. The first-order chi connectivity index (χ1) is 13.7. The Balaban J connectivity index is 1.42. The second-order valence-corrected chi connectivity index (χ2v) is 7.35. The molecule has 148 valence electrons. The monoisotopic (exact) mass is 382 g/mol. The average molecular weight is 382 g/mol. The van der Waals surface area contributed by atoms with Crippen LogP contribution in [0.15, 0.2) is 42.5 Å². The molecule has 1 aliphatic heterocycles. The number of hydrogen-bond acceptors (Lipinski definition) is 4. The predicted octanol–water partition coefficient (Wildman–Crippen LogP) is 3.93. The van der Waals surface area contributed by atoms with Crippen molar-refractivity contribution in [2.24, 2.45) is 0 Å². The number of urea groups is 1. The summed E-state index contributed by atoms with van der Waals surface area (Å²) in [6, 6.07) is 13.0. The van der Waals surface area contributed by atoms with Crippen LogP contribution in [-0.2, 0) is 13.2 Å². The molecule has 1 aliphatic carbocycles. The summed E-state index contributed by atoms with van der Waals surface area (Å²) in [5.74, 6) is 1.56. The molecule has 2 aromatic carbocycles. The number of carbonyl (C=O) groups is 1. The van der Waals surface area contributed by atoms with Crippen LogP contribution in [0.3, 0.4) is 0 Å². The maximum atomic E-state index is 12.8. The Labute approximate surface area is 165 Å². The lowest BCUT2D eigenvalue weighted by Crippen LogP contribution is -2.36. The largest absolute Gasteiger partial charge is 0.491 e. The van der Waals surface area contributed by atoms with Crippen molar-refractivity contribution in [2.75, 3.05) is 18.5 Å². The van der Waals surface area contributed by atoms with Crippen LogP contribution in [-0.4, -0.2) is 35.3 Å². The van der Waals surface area contributed by atoms with Crippen molar-refractivity contribution in [3.8, 4) is 11.5 Å². The summed E-state index contributed by atoms with van der Waals surface area (Å²) in [4.78, 5) is 14.5. The smallest absolute Gasteiger partial charge is 0.322 e. The molecule has 2 aromatic rings. The third-order valence-corrected chi connectivity index (χ3v) is 5.26. The maximum Gasteiger partial charge on any atom is 0.322 e. The van der Waals surface area contributed by atoms with E-state index in [1.54, 1.807) is 4.90 Å². The van der Waals surface area contributed by atoms with Gasteiger partial charge >= 0.3 is 6.03 Å². The SMILES string of the molecule is O=C(Nc1cccc(OC2CCCC2)c1)N1CCOc2ccc(CO)cc2C1. The lowest BCUT2D eigenvalue weighted by atomic mass is 10.1. The number of aliphatic hydroxyl groups excluding tert-OH is 1. The Kier molecular flexibility index (Phi) is 5.67. The first-order valence-electron chi connectivity index (χ1n) is 9.89. The Bertz CT molecular complexity index is 833. The standard InChI is InChI=1S/C22H26N2O4/c25-15-16-8-9-21-17(12-16)14-24(10-11-27-21)22(26)23-18-4-3-7-20(13-18)28-19-5-1-2-6-19/h3-4,7-9,12-13,19,25H,1-2,5-6,10-11,14-15H2,(H,23,26). The molecule has 1 fully saturated rings. The van der Waals surface area contributed by atoms with E-state index in [0.717, 1.165) is 41.2 Å². The van der Waals surface area contributed by atoms with Crippen molar-refractivity contribution in [2.45, 2.75) is 44.9 Å². The predicted molar refractivity (Wildman–Crippen MR) is 107 cm³/mol. The first kappa shape index (κ1) is 18.6. The minimum atomic E-state index is -0.177. The maximum absolute atomic E-state index is 12.8. The highest BCUT2D eigenvalue weighted by atomic mass is 16.5. The molecule has 6 heteroatoms. The van der Waals surface area contributed by atoms with Gasteiger partial charge in [0.1, 0.15) is 18.1 Å². The van der Waals surface area contributed by atoms with Crippen molar-refractivity contribution >= 4 is 11.7 Å². The van der Waals surface area contributed by atoms with E-state index in [1.165, 1.54) is 12.8 Å². The molecule has 4 rings (SSSR count). The van der Waals surface area contributed by atoms with Crippen LogP contribution >= 0.6 is 0 Å². The summed E-state index contributed by atoms with van der Waals surface area (Å²) >= 11 is 0. The van der Waals surface area contributed by atoms with Crippen LogP contribution in [0.25, 0.3) is 0 Å². The minimum Gasteiger partial charge on any atom is -0.491 e. The van der Waals surface area contributed by atoms with Crippen LogP contribution in [0, 0.1) is 0 Å². The second kappa shape index (κ2) is 8.52. The van der Waals surface area contributed by atoms with E-state index in [4.69, 9.17) is 9.47 Å². The number of hydrogen-bond donors (Lipinski definition) is 2. The summed E-state index contributed by atoms with van der Waals surface area (Å²) < 4.78 is 11.8. The number of aliphatic hydroxyl groups is 1. The molecule has 2 amide bonds. The number of anilines is 1. The third kappa shape index (κ3) is 4.39. The molecule has 0 aromatic heterocycles. The quantitative estimate of drug-likeness (QED) is 0.841. The minimum absolute atomic E-state index is 0.0345. The molecular formula is C22H26N2O4. The molecule has 0 atom stereocenters. The van der Waals surface area contributed by atoms with Gasteiger partial charge in [0.15, 0.2) is 0 Å². The zero-order chi connectivity index (χ0) is 19.3. The van der Waals surface area contributed by atoms with Gasteiger partial charge < -0.3 is 24.8 Å². The Morgan fingerprint density at radius 3 is 2.89 bits per heavy atom. The Morgan fingerprint density at radius 1 is 1.21 bits per heavy atom.